The Morgan fingerprint density at radius 1 is 1.53 bits per heavy atom. The lowest BCUT2D eigenvalue weighted by atomic mass is 9.93. The second kappa shape index (κ2) is 4.35. The van der Waals surface area contributed by atoms with E-state index in [4.69, 9.17) is 0 Å². The van der Waals surface area contributed by atoms with Crippen molar-refractivity contribution < 1.29 is 5.11 Å². The maximum absolute atomic E-state index is 9.22. The van der Waals surface area contributed by atoms with Gasteiger partial charge in [0.15, 0.2) is 0 Å². The van der Waals surface area contributed by atoms with Crippen molar-refractivity contribution in [3.8, 4) is 0 Å². The highest BCUT2D eigenvalue weighted by molar-refractivity contribution is 5.01. The van der Waals surface area contributed by atoms with Crippen LogP contribution in [0.5, 0.6) is 0 Å². The summed E-state index contributed by atoms with van der Waals surface area (Å²) in [7, 11) is 0. The molecule has 1 aliphatic rings. The summed E-state index contributed by atoms with van der Waals surface area (Å²) in [6.45, 7) is 4.69. The van der Waals surface area contributed by atoms with Crippen LogP contribution in [0.25, 0.3) is 0 Å². The van der Waals surface area contributed by atoms with E-state index >= 15 is 0 Å². The molecule has 0 aromatic carbocycles. The van der Waals surface area contributed by atoms with Crippen LogP contribution in [0.15, 0.2) is 12.5 Å². The van der Waals surface area contributed by atoms with Crippen molar-refractivity contribution in [3.05, 3.63) is 18.2 Å². The normalized spacial score (nSPS) is 31.0. The number of aliphatic hydroxyl groups excluding tert-OH is 1. The van der Waals surface area contributed by atoms with Crippen molar-refractivity contribution in [1.29, 1.82) is 0 Å². The van der Waals surface area contributed by atoms with E-state index in [1.165, 1.54) is 19.3 Å². The predicted octanol–water partition coefficient (Wildman–Crippen LogP) is 2.37. The van der Waals surface area contributed by atoms with E-state index in [2.05, 4.69) is 23.4 Å². The number of rotatable bonds is 3. The Kier molecular flexibility index (Phi) is 3.10. The van der Waals surface area contributed by atoms with E-state index in [0.29, 0.717) is 12.0 Å². The van der Waals surface area contributed by atoms with Gasteiger partial charge in [0.05, 0.1) is 24.8 Å². The van der Waals surface area contributed by atoms with Gasteiger partial charge in [-0.2, -0.15) is 0 Å². The number of imidazole rings is 1. The molecule has 3 heteroatoms. The average molecular weight is 208 g/mol. The molecule has 1 aromatic heterocycles. The zero-order chi connectivity index (χ0) is 10.8. The minimum atomic E-state index is 0.0972. The smallest absolute Gasteiger partial charge is 0.0951 e. The van der Waals surface area contributed by atoms with Crippen LogP contribution in [0.3, 0.4) is 0 Å². The lowest BCUT2D eigenvalue weighted by Gasteiger charge is -2.22. The number of hydrogen-bond acceptors (Lipinski definition) is 2. The molecule has 1 aromatic rings. The third-order valence-electron chi connectivity index (χ3n) is 3.97. The zero-order valence-corrected chi connectivity index (χ0v) is 9.56. The molecule has 1 saturated carbocycles. The molecular weight excluding hydrogens is 188 g/mol. The van der Waals surface area contributed by atoms with Crippen LogP contribution in [-0.4, -0.2) is 14.7 Å². The van der Waals surface area contributed by atoms with Crippen molar-refractivity contribution in [3.63, 3.8) is 0 Å². The highest BCUT2D eigenvalue weighted by Crippen LogP contribution is 2.42. The first-order valence-corrected chi connectivity index (χ1v) is 5.89. The fourth-order valence-electron chi connectivity index (χ4n) is 2.95. The van der Waals surface area contributed by atoms with Gasteiger partial charge in [-0.25, -0.2) is 4.98 Å². The van der Waals surface area contributed by atoms with Gasteiger partial charge in [0.25, 0.3) is 0 Å². The molecule has 0 spiro atoms. The topological polar surface area (TPSA) is 38.0 Å². The number of aromatic nitrogens is 2. The fraction of sp³-hybridized carbons (Fsp3) is 0.750. The summed E-state index contributed by atoms with van der Waals surface area (Å²) in [5, 5.41) is 9.22. The molecule has 3 nitrogen and oxygen atoms in total. The molecule has 1 aliphatic carbocycles. The summed E-state index contributed by atoms with van der Waals surface area (Å²) in [6, 6.07) is 0.541. The van der Waals surface area contributed by atoms with E-state index in [1.54, 1.807) is 6.20 Å². The van der Waals surface area contributed by atoms with E-state index in [9.17, 15) is 5.11 Å². The highest BCUT2D eigenvalue weighted by atomic mass is 16.3. The van der Waals surface area contributed by atoms with E-state index < -0.39 is 0 Å². The molecule has 3 atom stereocenters. The molecule has 3 unspecified atom stereocenters. The minimum Gasteiger partial charge on any atom is -0.390 e. The first-order chi connectivity index (χ1) is 7.27. The van der Waals surface area contributed by atoms with Gasteiger partial charge in [-0.3, -0.25) is 0 Å². The molecule has 15 heavy (non-hydrogen) atoms. The van der Waals surface area contributed by atoms with Crippen molar-refractivity contribution in [2.24, 2.45) is 11.8 Å². The maximum atomic E-state index is 9.22. The van der Waals surface area contributed by atoms with Crippen molar-refractivity contribution in [2.45, 2.75) is 45.8 Å². The molecule has 84 valence electrons. The molecule has 0 bridgehead atoms. The standard InChI is InChI=1S/C12H20N2O/c1-3-10-4-5-12(9(10)2)14-8-13-6-11(14)7-15/h6,8-10,12,15H,3-5,7H2,1-2H3. The summed E-state index contributed by atoms with van der Waals surface area (Å²) in [5.41, 5.74) is 0.948. The molecule has 1 fully saturated rings. The van der Waals surface area contributed by atoms with Crippen LogP contribution in [0.4, 0.5) is 0 Å². The second-order valence-electron chi connectivity index (χ2n) is 4.62. The third kappa shape index (κ3) is 1.81. The summed E-state index contributed by atoms with van der Waals surface area (Å²) in [5.74, 6) is 1.54. The van der Waals surface area contributed by atoms with Crippen molar-refractivity contribution in [2.75, 3.05) is 0 Å². The molecular formula is C12H20N2O. The van der Waals surface area contributed by atoms with E-state index in [0.717, 1.165) is 11.6 Å². The van der Waals surface area contributed by atoms with Gasteiger partial charge in [-0.1, -0.05) is 20.3 Å². The minimum absolute atomic E-state index is 0.0972. The van der Waals surface area contributed by atoms with Crippen molar-refractivity contribution in [1.82, 2.24) is 9.55 Å². The van der Waals surface area contributed by atoms with E-state index in [-0.39, 0.29) is 6.61 Å². The maximum Gasteiger partial charge on any atom is 0.0951 e. The Labute approximate surface area is 91.1 Å². The van der Waals surface area contributed by atoms with Gasteiger partial charge in [0, 0.05) is 6.04 Å². The number of hydrogen-bond donors (Lipinski definition) is 1. The SMILES string of the molecule is CCC1CCC(n2cncc2CO)C1C. The van der Waals surface area contributed by atoms with Gasteiger partial charge < -0.3 is 9.67 Å². The van der Waals surface area contributed by atoms with Gasteiger partial charge in [0.2, 0.25) is 0 Å². The highest BCUT2D eigenvalue weighted by Gasteiger charge is 2.33. The van der Waals surface area contributed by atoms with Crippen LogP contribution >= 0.6 is 0 Å². The second-order valence-corrected chi connectivity index (χ2v) is 4.62. The van der Waals surface area contributed by atoms with Crippen molar-refractivity contribution >= 4 is 0 Å². The summed E-state index contributed by atoms with van der Waals surface area (Å²) in [4.78, 5) is 4.13. The Morgan fingerprint density at radius 2 is 2.33 bits per heavy atom. The molecule has 0 radical (unpaired) electrons. The molecule has 0 amide bonds. The quantitative estimate of drug-likeness (QED) is 0.828. The molecule has 2 rings (SSSR count). The van der Waals surface area contributed by atoms with Crippen LogP contribution < -0.4 is 0 Å². The van der Waals surface area contributed by atoms with Gasteiger partial charge in [0.1, 0.15) is 0 Å². The first kappa shape index (κ1) is 10.7. The Morgan fingerprint density at radius 3 is 2.93 bits per heavy atom. The number of nitrogens with zero attached hydrogens (tertiary/aromatic N) is 2. The lowest BCUT2D eigenvalue weighted by molar-refractivity contribution is 0.255. The van der Waals surface area contributed by atoms with E-state index in [1.807, 2.05) is 6.33 Å². The lowest BCUT2D eigenvalue weighted by Crippen LogP contribution is -2.16. The summed E-state index contributed by atoms with van der Waals surface area (Å²) < 4.78 is 2.17. The monoisotopic (exact) mass is 208 g/mol. The molecule has 0 saturated heterocycles. The van der Waals surface area contributed by atoms with Crippen LogP contribution in [-0.2, 0) is 6.61 Å². The third-order valence-corrected chi connectivity index (χ3v) is 3.97. The zero-order valence-electron chi connectivity index (χ0n) is 9.56. The summed E-state index contributed by atoms with van der Waals surface area (Å²) in [6.07, 6.45) is 7.44. The average Bonchev–Trinajstić information content (AvgIpc) is 2.83. The molecule has 1 heterocycles. The van der Waals surface area contributed by atoms with Crippen LogP contribution in [0, 0.1) is 11.8 Å². The van der Waals surface area contributed by atoms with Crippen LogP contribution in [0.2, 0.25) is 0 Å². The Hall–Kier alpha value is -0.830. The molecule has 1 N–H and O–H groups in total. The number of aliphatic hydroxyl groups is 1. The van der Waals surface area contributed by atoms with Gasteiger partial charge >= 0.3 is 0 Å². The predicted molar refractivity (Wildman–Crippen MR) is 59.4 cm³/mol. The first-order valence-electron chi connectivity index (χ1n) is 5.89. The fourth-order valence-corrected chi connectivity index (χ4v) is 2.95. The largest absolute Gasteiger partial charge is 0.390 e. The van der Waals surface area contributed by atoms with Crippen LogP contribution in [0.1, 0.15) is 44.8 Å². The Bertz CT molecular complexity index is 321. The van der Waals surface area contributed by atoms with Gasteiger partial charge in [-0.15, -0.1) is 0 Å². The van der Waals surface area contributed by atoms with Gasteiger partial charge in [-0.05, 0) is 24.7 Å². The summed E-state index contributed by atoms with van der Waals surface area (Å²) >= 11 is 0. The molecule has 0 aliphatic heterocycles. The Balaban J connectivity index is 2.18.